The third-order valence-corrected chi connectivity index (χ3v) is 5.16. The highest BCUT2D eigenvalue weighted by Crippen LogP contribution is 2.29. The van der Waals surface area contributed by atoms with Gasteiger partial charge in [0.25, 0.3) is 0 Å². The van der Waals surface area contributed by atoms with E-state index in [-0.39, 0.29) is 13.2 Å². The first kappa shape index (κ1) is 20.0. The summed E-state index contributed by atoms with van der Waals surface area (Å²) in [5.41, 5.74) is 1.69. The molecule has 1 N–H and O–H groups in total. The van der Waals surface area contributed by atoms with E-state index in [1.165, 1.54) is 23.4 Å². The van der Waals surface area contributed by atoms with Gasteiger partial charge < -0.3 is 14.7 Å². The molecular weight excluding hydrogens is 421 g/mol. The Balaban J connectivity index is 1.30. The van der Waals surface area contributed by atoms with E-state index in [0.717, 1.165) is 0 Å². The maximum absolute atomic E-state index is 14.9. The fourth-order valence-corrected chi connectivity index (χ4v) is 3.55. The molecule has 2 aliphatic heterocycles. The van der Waals surface area contributed by atoms with E-state index < -0.39 is 24.1 Å². The quantitative estimate of drug-likeness (QED) is 0.610. The van der Waals surface area contributed by atoms with Crippen LogP contribution in [0, 0.1) is 5.82 Å². The molecular formula is C20H18FN7O4. The molecule has 5 rings (SSSR count). The number of amides is 1. The molecule has 0 bridgehead atoms. The average molecular weight is 439 g/mol. The van der Waals surface area contributed by atoms with Gasteiger partial charge in [-0.3, -0.25) is 4.90 Å². The largest absolute Gasteiger partial charge is 0.442 e. The second kappa shape index (κ2) is 8.30. The van der Waals surface area contributed by atoms with E-state index in [0.29, 0.717) is 41.3 Å². The predicted molar refractivity (Wildman–Crippen MR) is 108 cm³/mol. The smallest absolute Gasteiger partial charge is 0.414 e. The first-order chi connectivity index (χ1) is 15.6. The van der Waals surface area contributed by atoms with E-state index >= 15 is 0 Å². The predicted octanol–water partition coefficient (Wildman–Crippen LogP) is 1.38. The topological polar surface area (TPSA) is 128 Å². The monoisotopic (exact) mass is 439 g/mol. The number of carbonyl (C=O) groups is 1. The maximum Gasteiger partial charge on any atom is 0.414 e. The Morgan fingerprint density at radius 1 is 1.22 bits per heavy atom. The zero-order valence-electron chi connectivity index (χ0n) is 16.7. The van der Waals surface area contributed by atoms with Crippen LogP contribution in [0.3, 0.4) is 0 Å². The first-order valence-electron chi connectivity index (χ1n) is 9.89. The molecule has 1 aromatic carbocycles. The number of carbonyl (C=O) groups excluding carboxylic acids is 1. The van der Waals surface area contributed by atoms with Gasteiger partial charge in [0.2, 0.25) is 0 Å². The lowest BCUT2D eigenvalue weighted by molar-refractivity contribution is 0.0390. The Labute approximate surface area is 181 Å². The van der Waals surface area contributed by atoms with Crippen molar-refractivity contribution in [1.29, 1.82) is 0 Å². The van der Waals surface area contributed by atoms with Gasteiger partial charge in [-0.25, -0.2) is 23.8 Å². The number of aliphatic hydroxyl groups is 1. The SMILES string of the molecule is O=C1O[C@@H](Cn2ccnn2)CN1c1ccc(-c2cnc(C3=NOC(CO)C3)nc2)c(F)c1. The third-order valence-electron chi connectivity index (χ3n) is 5.16. The van der Waals surface area contributed by atoms with Crippen molar-refractivity contribution < 1.29 is 23.9 Å². The standard InChI is InChI=1S/C20H18FN7O4/c21-17-5-13(28-10-15(31-20(28)30)9-27-4-3-24-26-27)1-2-16(17)12-7-22-19(23-8-12)18-6-14(11-29)32-25-18/h1-5,7-8,14-15,29H,6,9-11H2/t14?,15-/m0/s1. The Hall–Kier alpha value is -3.93. The molecule has 1 unspecified atom stereocenters. The van der Waals surface area contributed by atoms with Gasteiger partial charge in [0, 0.05) is 36.1 Å². The second-order valence-electron chi connectivity index (χ2n) is 7.35. The van der Waals surface area contributed by atoms with Crippen molar-refractivity contribution in [3.8, 4) is 11.1 Å². The Morgan fingerprint density at radius 3 is 2.75 bits per heavy atom. The van der Waals surface area contributed by atoms with Crippen molar-refractivity contribution in [3.63, 3.8) is 0 Å². The van der Waals surface area contributed by atoms with E-state index in [1.54, 1.807) is 29.2 Å². The molecule has 12 heteroatoms. The minimum atomic E-state index is -0.546. The molecule has 0 aliphatic carbocycles. The first-order valence-corrected chi connectivity index (χ1v) is 9.89. The molecule has 11 nitrogen and oxygen atoms in total. The lowest BCUT2D eigenvalue weighted by Gasteiger charge is -2.14. The zero-order valence-corrected chi connectivity index (χ0v) is 16.7. The lowest BCUT2D eigenvalue weighted by atomic mass is 10.1. The van der Waals surface area contributed by atoms with Gasteiger partial charge in [0.15, 0.2) is 11.9 Å². The summed E-state index contributed by atoms with van der Waals surface area (Å²) in [6, 6.07) is 4.49. The Morgan fingerprint density at radius 2 is 2.06 bits per heavy atom. The van der Waals surface area contributed by atoms with Crippen LogP contribution < -0.4 is 4.90 Å². The number of hydrogen-bond acceptors (Lipinski definition) is 9. The molecule has 1 amide bonds. The van der Waals surface area contributed by atoms with Crippen LogP contribution in [0.4, 0.5) is 14.9 Å². The number of halogens is 1. The summed E-state index contributed by atoms with van der Waals surface area (Å²) >= 11 is 0. The van der Waals surface area contributed by atoms with Crippen molar-refractivity contribution in [1.82, 2.24) is 25.0 Å². The fourth-order valence-electron chi connectivity index (χ4n) is 3.55. The maximum atomic E-state index is 14.9. The molecule has 2 aliphatic rings. The van der Waals surface area contributed by atoms with Gasteiger partial charge >= 0.3 is 6.09 Å². The normalized spacial score (nSPS) is 20.2. The fraction of sp³-hybridized carbons (Fsp3) is 0.300. The summed E-state index contributed by atoms with van der Waals surface area (Å²) in [6.07, 6.45) is 5.25. The van der Waals surface area contributed by atoms with Gasteiger partial charge in [-0.2, -0.15) is 0 Å². The zero-order chi connectivity index (χ0) is 22.1. The lowest BCUT2D eigenvalue weighted by Crippen LogP contribution is -2.26. The van der Waals surface area contributed by atoms with Crippen LogP contribution in [0.2, 0.25) is 0 Å². The number of oxime groups is 1. The van der Waals surface area contributed by atoms with Gasteiger partial charge in [0.05, 0.1) is 31.6 Å². The number of hydrogen-bond donors (Lipinski definition) is 1. The molecule has 0 radical (unpaired) electrons. The molecule has 32 heavy (non-hydrogen) atoms. The summed E-state index contributed by atoms with van der Waals surface area (Å²) in [5.74, 6) is -0.159. The summed E-state index contributed by atoms with van der Waals surface area (Å²) in [5, 5.41) is 20.6. The highest BCUT2D eigenvalue weighted by atomic mass is 19.1. The van der Waals surface area contributed by atoms with Crippen LogP contribution in [-0.4, -0.2) is 67.2 Å². The van der Waals surface area contributed by atoms with Gasteiger partial charge in [-0.15, -0.1) is 5.10 Å². The number of aliphatic hydroxyl groups excluding tert-OH is 1. The van der Waals surface area contributed by atoms with E-state index in [9.17, 15) is 9.18 Å². The van der Waals surface area contributed by atoms with Crippen LogP contribution in [0.15, 0.2) is 48.1 Å². The third kappa shape index (κ3) is 3.87. The van der Waals surface area contributed by atoms with Gasteiger partial charge in [-0.05, 0) is 18.2 Å². The number of cyclic esters (lactones) is 1. The average Bonchev–Trinajstić information content (AvgIpc) is 3.56. The van der Waals surface area contributed by atoms with Crippen molar-refractivity contribution in [2.75, 3.05) is 18.1 Å². The van der Waals surface area contributed by atoms with E-state index in [2.05, 4.69) is 25.4 Å². The van der Waals surface area contributed by atoms with Crippen LogP contribution >= 0.6 is 0 Å². The van der Waals surface area contributed by atoms with Gasteiger partial charge in [0.1, 0.15) is 17.6 Å². The summed E-state index contributed by atoms with van der Waals surface area (Å²) in [4.78, 5) is 27.2. The summed E-state index contributed by atoms with van der Waals surface area (Å²) in [6.45, 7) is 0.491. The van der Waals surface area contributed by atoms with E-state index in [4.69, 9.17) is 14.7 Å². The number of aromatic nitrogens is 5. The number of anilines is 1. The highest BCUT2D eigenvalue weighted by Gasteiger charge is 2.33. The molecule has 0 spiro atoms. The molecule has 1 fully saturated rings. The number of benzene rings is 1. The molecule has 2 atom stereocenters. The Bertz CT molecular complexity index is 1150. The number of rotatable bonds is 6. The number of ether oxygens (including phenoxy) is 1. The molecule has 164 valence electrons. The number of nitrogens with zero attached hydrogens (tertiary/aromatic N) is 7. The second-order valence-corrected chi connectivity index (χ2v) is 7.35. The summed E-state index contributed by atoms with van der Waals surface area (Å²) in [7, 11) is 0. The van der Waals surface area contributed by atoms with Crippen molar-refractivity contribution in [2.45, 2.75) is 25.2 Å². The summed E-state index contributed by atoms with van der Waals surface area (Å²) < 4.78 is 21.8. The molecule has 4 heterocycles. The van der Waals surface area contributed by atoms with Crippen LogP contribution in [0.1, 0.15) is 12.2 Å². The van der Waals surface area contributed by atoms with Crippen molar-refractivity contribution >= 4 is 17.5 Å². The molecule has 2 aromatic heterocycles. The van der Waals surface area contributed by atoms with Crippen molar-refractivity contribution in [3.05, 3.63) is 54.6 Å². The van der Waals surface area contributed by atoms with Gasteiger partial charge in [-0.1, -0.05) is 10.4 Å². The molecule has 1 saturated heterocycles. The molecule has 0 saturated carbocycles. The van der Waals surface area contributed by atoms with Crippen LogP contribution in [0.25, 0.3) is 11.1 Å². The van der Waals surface area contributed by atoms with Crippen LogP contribution in [0.5, 0.6) is 0 Å². The Kier molecular flexibility index (Phi) is 5.19. The van der Waals surface area contributed by atoms with Crippen LogP contribution in [-0.2, 0) is 16.1 Å². The highest BCUT2D eigenvalue weighted by molar-refractivity contribution is 5.98. The minimum absolute atomic E-state index is 0.144. The minimum Gasteiger partial charge on any atom is -0.442 e. The van der Waals surface area contributed by atoms with E-state index in [1.807, 2.05) is 0 Å². The van der Waals surface area contributed by atoms with Crippen molar-refractivity contribution in [2.24, 2.45) is 5.16 Å². The molecule has 3 aromatic rings.